The van der Waals surface area contributed by atoms with E-state index in [-0.39, 0.29) is 0 Å². The molecule has 0 fully saturated rings. The molecule has 0 atom stereocenters. The van der Waals surface area contributed by atoms with Crippen LogP contribution < -0.4 is 29.7 Å². The van der Waals surface area contributed by atoms with Crippen molar-refractivity contribution < 1.29 is 18.9 Å². The van der Waals surface area contributed by atoms with Crippen LogP contribution in [0, 0.1) is 0 Å². The highest BCUT2D eigenvalue weighted by molar-refractivity contribution is 7.80. The molecule has 2 aromatic rings. The van der Waals surface area contributed by atoms with E-state index in [4.69, 9.17) is 31.2 Å². The van der Waals surface area contributed by atoms with Gasteiger partial charge in [0.1, 0.15) is 19.0 Å². The Labute approximate surface area is 156 Å². The first kappa shape index (κ1) is 17.8. The summed E-state index contributed by atoms with van der Waals surface area (Å²) in [4.78, 5) is 0. The number of hydrogen-bond acceptors (Lipinski definition) is 6. The van der Waals surface area contributed by atoms with Crippen LogP contribution in [-0.4, -0.2) is 38.8 Å². The van der Waals surface area contributed by atoms with E-state index in [1.54, 1.807) is 20.4 Å². The third-order valence-electron chi connectivity index (χ3n) is 3.58. The molecule has 2 N–H and O–H groups in total. The van der Waals surface area contributed by atoms with Crippen molar-refractivity contribution in [2.24, 2.45) is 5.10 Å². The van der Waals surface area contributed by atoms with Gasteiger partial charge in [-0.25, -0.2) is 0 Å². The summed E-state index contributed by atoms with van der Waals surface area (Å²) in [7, 11) is 3.21. The van der Waals surface area contributed by atoms with Gasteiger partial charge < -0.3 is 24.3 Å². The summed E-state index contributed by atoms with van der Waals surface area (Å²) in [6.45, 7) is 1.01. The van der Waals surface area contributed by atoms with E-state index in [2.05, 4.69) is 15.8 Å². The highest BCUT2D eigenvalue weighted by atomic mass is 32.1. The second kappa shape index (κ2) is 8.39. The Morgan fingerprint density at radius 2 is 1.88 bits per heavy atom. The lowest BCUT2D eigenvalue weighted by Gasteiger charge is -2.20. The number of nitrogens with zero attached hydrogens (tertiary/aromatic N) is 1. The van der Waals surface area contributed by atoms with Crippen LogP contribution in [0.5, 0.6) is 23.0 Å². The van der Waals surface area contributed by atoms with E-state index < -0.39 is 0 Å². The van der Waals surface area contributed by atoms with E-state index in [1.807, 2.05) is 36.4 Å². The van der Waals surface area contributed by atoms with Crippen LogP contribution in [0.15, 0.2) is 41.5 Å². The van der Waals surface area contributed by atoms with Gasteiger partial charge in [0.15, 0.2) is 16.6 Å². The summed E-state index contributed by atoms with van der Waals surface area (Å²) in [6.07, 6.45) is 1.63. The maximum atomic E-state index is 5.60. The predicted octanol–water partition coefficient (Wildman–Crippen LogP) is 2.80. The zero-order valence-electron chi connectivity index (χ0n) is 14.4. The molecule has 0 saturated heterocycles. The number of rotatable bonds is 5. The summed E-state index contributed by atoms with van der Waals surface area (Å²) >= 11 is 5.22. The molecular weight excluding hydrogens is 354 g/mol. The van der Waals surface area contributed by atoms with E-state index in [9.17, 15) is 0 Å². The molecule has 0 unspecified atom stereocenters. The van der Waals surface area contributed by atoms with Crippen LogP contribution in [-0.2, 0) is 0 Å². The maximum absolute atomic E-state index is 5.60. The lowest BCUT2D eigenvalue weighted by Crippen LogP contribution is -2.23. The lowest BCUT2D eigenvalue weighted by atomic mass is 10.2. The minimum atomic E-state index is 0.371. The van der Waals surface area contributed by atoms with Gasteiger partial charge >= 0.3 is 0 Å². The summed E-state index contributed by atoms with van der Waals surface area (Å²) < 4.78 is 21.6. The number of hydrazone groups is 1. The molecule has 1 heterocycles. The molecule has 136 valence electrons. The van der Waals surface area contributed by atoms with E-state index in [0.717, 1.165) is 17.0 Å². The number of thiocarbonyl (C=S) groups is 1. The fraction of sp³-hybridized carbons (Fsp3) is 0.222. The molecule has 3 rings (SSSR count). The topological polar surface area (TPSA) is 73.3 Å². The van der Waals surface area contributed by atoms with Crippen LogP contribution in [0.25, 0.3) is 0 Å². The van der Waals surface area contributed by atoms with Gasteiger partial charge in [-0.1, -0.05) is 0 Å². The Hall–Kier alpha value is -3.00. The van der Waals surface area contributed by atoms with E-state index in [1.165, 1.54) is 0 Å². The van der Waals surface area contributed by atoms with Gasteiger partial charge in [0.25, 0.3) is 0 Å². The van der Waals surface area contributed by atoms with Crippen LogP contribution in [0.1, 0.15) is 5.56 Å². The highest BCUT2D eigenvalue weighted by Crippen LogP contribution is 2.39. The second-order valence-corrected chi connectivity index (χ2v) is 5.71. The van der Waals surface area contributed by atoms with Gasteiger partial charge in [-0.15, -0.1) is 0 Å². The van der Waals surface area contributed by atoms with Crippen molar-refractivity contribution in [2.75, 3.05) is 32.8 Å². The molecule has 26 heavy (non-hydrogen) atoms. The standard InChI is InChI=1S/C18H19N3O4S/c1-22-14-5-3-13(4-6-14)20-18(26)21-19-11-12-9-15(23-2)17-16(10-12)24-7-8-25-17/h3-6,9-11H,7-8H2,1-2H3,(H2,20,21,26)/b19-11-. The average Bonchev–Trinajstić information content (AvgIpc) is 2.68. The third-order valence-corrected chi connectivity index (χ3v) is 3.77. The minimum absolute atomic E-state index is 0.371. The summed E-state index contributed by atoms with van der Waals surface area (Å²) in [6, 6.07) is 11.1. The van der Waals surface area contributed by atoms with Gasteiger partial charge in [-0.2, -0.15) is 5.10 Å². The van der Waals surface area contributed by atoms with Crippen molar-refractivity contribution in [3.8, 4) is 23.0 Å². The second-order valence-electron chi connectivity index (χ2n) is 5.30. The molecule has 8 heteroatoms. The molecule has 1 aliphatic heterocycles. The first-order valence-corrected chi connectivity index (χ1v) is 8.32. The number of methoxy groups -OCH3 is 2. The minimum Gasteiger partial charge on any atom is -0.497 e. The van der Waals surface area contributed by atoms with Gasteiger partial charge in [-0.05, 0) is 48.6 Å². The molecule has 0 aliphatic carbocycles. The van der Waals surface area contributed by atoms with Crippen molar-refractivity contribution in [1.82, 2.24) is 5.43 Å². The predicted molar refractivity (Wildman–Crippen MR) is 104 cm³/mol. The highest BCUT2D eigenvalue weighted by Gasteiger charge is 2.17. The molecule has 1 aliphatic rings. The molecule has 7 nitrogen and oxygen atoms in total. The maximum Gasteiger partial charge on any atom is 0.203 e. The summed E-state index contributed by atoms with van der Waals surface area (Å²) in [5.74, 6) is 2.62. The number of anilines is 1. The quantitative estimate of drug-likeness (QED) is 0.474. The Balaban J connectivity index is 1.61. The number of fused-ring (bicyclic) bond motifs is 1. The van der Waals surface area contributed by atoms with Crippen LogP contribution in [0.2, 0.25) is 0 Å². The Morgan fingerprint density at radius 1 is 1.12 bits per heavy atom. The van der Waals surface area contributed by atoms with Crippen LogP contribution in [0.4, 0.5) is 5.69 Å². The number of hydrogen-bond donors (Lipinski definition) is 2. The zero-order chi connectivity index (χ0) is 18.4. The summed E-state index contributed by atoms with van der Waals surface area (Å²) in [5.41, 5.74) is 4.40. The van der Waals surface area contributed by atoms with Crippen molar-refractivity contribution in [1.29, 1.82) is 0 Å². The van der Waals surface area contributed by atoms with Gasteiger partial charge in [-0.3, -0.25) is 5.43 Å². The molecule has 0 saturated carbocycles. The SMILES string of the molecule is COc1ccc(NC(=S)N/N=C\c2cc(OC)c3c(c2)OCCO3)cc1. The molecular formula is C18H19N3O4S. The van der Waals surface area contributed by atoms with E-state index >= 15 is 0 Å². The Morgan fingerprint density at radius 3 is 2.62 bits per heavy atom. The number of nitrogens with one attached hydrogen (secondary N) is 2. The lowest BCUT2D eigenvalue weighted by molar-refractivity contribution is 0.165. The average molecular weight is 373 g/mol. The van der Waals surface area contributed by atoms with Crippen molar-refractivity contribution in [3.63, 3.8) is 0 Å². The van der Waals surface area contributed by atoms with Crippen molar-refractivity contribution in [3.05, 3.63) is 42.0 Å². The Kier molecular flexibility index (Phi) is 5.75. The van der Waals surface area contributed by atoms with Crippen molar-refractivity contribution in [2.45, 2.75) is 0 Å². The van der Waals surface area contributed by atoms with Gasteiger partial charge in [0.05, 0.1) is 20.4 Å². The van der Waals surface area contributed by atoms with E-state index in [0.29, 0.717) is 35.6 Å². The fourth-order valence-electron chi connectivity index (χ4n) is 2.37. The van der Waals surface area contributed by atoms with Crippen molar-refractivity contribution >= 4 is 29.2 Å². The molecule has 0 amide bonds. The molecule has 0 spiro atoms. The van der Waals surface area contributed by atoms with Gasteiger partial charge in [0.2, 0.25) is 5.75 Å². The third kappa shape index (κ3) is 4.34. The number of benzene rings is 2. The molecule has 0 bridgehead atoms. The Bertz CT molecular complexity index is 792. The van der Waals surface area contributed by atoms with Crippen LogP contribution >= 0.6 is 12.2 Å². The molecule has 0 radical (unpaired) electrons. The van der Waals surface area contributed by atoms with Crippen LogP contribution in [0.3, 0.4) is 0 Å². The smallest absolute Gasteiger partial charge is 0.203 e. The zero-order valence-corrected chi connectivity index (χ0v) is 15.3. The number of ether oxygens (including phenoxy) is 4. The molecule has 0 aromatic heterocycles. The largest absolute Gasteiger partial charge is 0.497 e. The molecule has 2 aromatic carbocycles. The normalized spacial score (nSPS) is 12.5. The van der Waals surface area contributed by atoms with Gasteiger partial charge in [0, 0.05) is 11.3 Å². The monoisotopic (exact) mass is 373 g/mol. The fourth-order valence-corrected chi connectivity index (χ4v) is 2.54. The first-order chi connectivity index (χ1) is 12.7. The first-order valence-electron chi connectivity index (χ1n) is 7.91. The summed E-state index contributed by atoms with van der Waals surface area (Å²) in [5, 5.41) is 7.55.